The number of fused-ring (bicyclic) bond motifs is 1. The van der Waals surface area contributed by atoms with Crippen LogP contribution >= 0.6 is 0 Å². The van der Waals surface area contributed by atoms with Crippen LogP contribution < -0.4 is 10.2 Å². The van der Waals surface area contributed by atoms with Gasteiger partial charge in [-0.25, -0.2) is 0 Å². The molecule has 0 bridgehead atoms. The highest BCUT2D eigenvalue weighted by Gasteiger charge is 2.21. The second-order valence-corrected chi connectivity index (χ2v) is 6.36. The highest BCUT2D eigenvalue weighted by atomic mass is 15.2. The standard InChI is InChI=1S/C20H23N3/c1-2-5-16(6-3-1)15-23(19-7-4-11-21-14-19)18-8-9-20-17(13-18)10-12-22-20/h1-3,5-6,8-10,12-13,19,21-22H,4,7,11,14-15H2. The molecule has 2 heterocycles. The lowest BCUT2D eigenvalue weighted by Crippen LogP contribution is -2.45. The predicted molar refractivity (Wildman–Crippen MR) is 96.8 cm³/mol. The Bertz CT molecular complexity index is 757. The number of H-pyrrole nitrogens is 1. The minimum atomic E-state index is 0.556. The van der Waals surface area contributed by atoms with Gasteiger partial charge in [0.15, 0.2) is 0 Å². The van der Waals surface area contributed by atoms with E-state index < -0.39 is 0 Å². The summed E-state index contributed by atoms with van der Waals surface area (Å²) in [5, 5.41) is 4.84. The third kappa shape index (κ3) is 3.10. The van der Waals surface area contributed by atoms with Gasteiger partial charge in [-0.1, -0.05) is 30.3 Å². The zero-order valence-corrected chi connectivity index (χ0v) is 13.3. The second-order valence-electron chi connectivity index (χ2n) is 6.36. The fourth-order valence-corrected chi connectivity index (χ4v) is 3.53. The van der Waals surface area contributed by atoms with Crippen molar-refractivity contribution in [2.75, 3.05) is 18.0 Å². The summed E-state index contributed by atoms with van der Waals surface area (Å²) in [4.78, 5) is 5.85. The van der Waals surface area contributed by atoms with Crippen LogP contribution in [0.25, 0.3) is 10.9 Å². The van der Waals surface area contributed by atoms with Crippen LogP contribution in [0.5, 0.6) is 0 Å². The lowest BCUT2D eigenvalue weighted by atomic mass is 10.0. The van der Waals surface area contributed by atoms with Crippen molar-refractivity contribution in [3.05, 3.63) is 66.4 Å². The van der Waals surface area contributed by atoms with Crippen LogP contribution in [0.1, 0.15) is 18.4 Å². The van der Waals surface area contributed by atoms with Crippen LogP contribution in [0, 0.1) is 0 Å². The van der Waals surface area contributed by atoms with Gasteiger partial charge in [0.2, 0.25) is 0 Å². The van der Waals surface area contributed by atoms with E-state index in [1.54, 1.807) is 0 Å². The van der Waals surface area contributed by atoms with E-state index >= 15 is 0 Å². The first kappa shape index (κ1) is 14.3. The molecule has 1 aliphatic heterocycles. The molecule has 0 aliphatic carbocycles. The van der Waals surface area contributed by atoms with Crippen molar-refractivity contribution in [1.82, 2.24) is 10.3 Å². The Hall–Kier alpha value is -2.26. The number of rotatable bonds is 4. The zero-order valence-electron chi connectivity index (χ0n) is 13.3. The Kier molecular flexibility index (Phi) is 4.03. The van der Waals surface area contributed by atoms with Gasteiger partial charge in [0.25, 0.3) is 0 Å². The lowest BCUT2D eigenvalue weighted by Gasteiger charge is -2.36. The summed E-state index contributed by atoms with van der Waals surface area (Å²) in [5.74, 6) is 0. The first-order chi connectivity index (χ1) is 11.4. The van der Waals surface area contributed by atoms with Crippen molar-refractivity contribution in [3.63, 3.8) is 0 Å². The van der Waals surface area contributed by atoms with Gasteiger partial charge in [-0.3, -0.25) is 0 Å². The molecule has 4 rings (SSSR count). The third-order valence-electron chi connectivity index (χ3n) is 4.78. The summed E-state index contributed by atoms with van der Waals surface area (Å²) in [6.45, 7) is 3.17. The molecular weight excluding hydrogens is 282 g/mol. The predicted octanol–water partition coefficient (Wildman–Crippen LogP) is 3.93. The topological polar surface area (TPSA) is 31.1 Å². The van der Waals surface area contributed by atoms with Gasteiger partial charge in [0.05, 0.1) is 0 Å². The number of anilines is 1. The SMILES string of the molecule is c1ccc(CN(c2ccc3[nH]ccc3c2)C2CCCNC2)cc1. The van der Waals surface area contributed by atoms with Crippen molar-refractivity contribution < 1.29 is 0 Å². The Morgan fingerprint density at radius 3 is 2.78 bits per heavy atom. The molecule has 1 aromatic heterocycles. The fourth-order valence-electron chi connectivity index (χ4n) is 3.53. The van der Waals surface area contributed by atoms with Crippen molar-refractivity contribution in [1.29, 1.82) is 0 Å². The van der Waals surface area contributed by atoms with Gasteiger partial charge in [-0.05, 0) is 49.2 Å². The average Bonchev–Trinajstić information content (AvgIpc) is 3.09. The molecule has 3 nitrogen and oxygen atoms in total. The Morgan fingerprint density at radius 2 is 1.96 bits per heavy atom. The molecule has 0 radical (unpaired) electrons. The molecule has 0 saturated carbocycles. The molecular formula is C20H23N3. The number of hydrogen-bond donors (Lipinski definition) is 2. The Balaban J connectivity index is 1.67. The summed E-state index contributed by atoms with van der Waals surface area (Å²) >= 11 is 0. The smallest absolute Gasteiger partial charge is 0.0455 e. The summed E-state index contributed by atoms with van der Waals surface area (Å²) in [7, 11) is 0. The molecule has 3 aromatic rings. The normalized spacial score (nSPS) is 18.2. The molecule has 1 atom stereocenters. The van der Waals surface area contributed by atoms with E-state index in [1.165, 1.54) is 35.0 Å². The Morgan fingerprint density at radius 1 is 1.04 bits per heavy atom. The monoisotopic (exact) mass is 305 g/mol. The van der Waals surface area contributed by atoms with E-state index in [9.17, 15) is 0 Å². The van der Waals surface area contributed by atoms with Crippen LogP contribution in [-0.4, -0.2) is 24.1 Å². The first-order valence-corrected chi connectivity index (χ1v) is 8.48. The van der Waals surface area contributed by atoms with Gasteiger partial charge in [0.1, 0.15) is 0 Å². The van der Waals surface area contributed by atoms with Crippen molar-refractivity contribution in [2.45, 2.75) is 25.4 Å². The van der Waals surface area contributed by atoms with Crippen LogP contribution in [0.15, 0.2) is 60.8 Å². The van der Waals surface area contributed by atoms with Crippen molar-refractivity contribution in [2.24, 2.45) is 0 Å². The molecule has 3 heteroatoms. The largest absolute Gasteiger partial charge is 0.363 e. The third-order valence-corrected chi connectivity index (χ3v) is 4.78. The zero-order chi connectivity index (χ0) is 15.5. The maximum Gasteiger partial charge on any atom is 0.0455 e. The number of benzene rings is 2. The molecule has 0 amide bonds. The van der Waals surface area contributed by atoms with E-state index in [1.807, 2.05) is 6.20 Å². The molecule has 1 fully saturated rings. The molecule has 1 unspecified atom stereocenters. The van der Waals surface area contributed by atoms with Crippen LogP contribution in [-0.2, 0) is 6.54 Å². The maximum absolute atomic E-state index is 3.56. The van der Waals surface area contributed by atoms with Gasteiger partial charge in [-0.15, -0.1) is 0 Å². The van der Waals surface area contributed by atoms with E-state index in [4.69, 9.17) is 0 Å². The van der Waals surface area contributed by atoms with Gasteiger partial charge in [-0.2, -0.15) is 0 Å². The van der Waals surface area contributed by atoms with E-state index in [-0.39, 0.29) is 0 Å². The molecule has 1 aliphatic rings. The lowest BCUT2D eigenvalue weighted by molar-refractivity contribution is 0.430. The molecule has 0 spiro atoms. The van der Waals surface area contributed by atoms with Crippen LogP contribution in [0.3, 0.4) is 0 Å². The number of piperidine rings is 1. The number of hydrogen-bond acceptors (Lipinski definition) is 2. The van der Waals surface area contributed by atoms with Crippen LogP contribution in [0.4, 0.5) is 5.69 Å². The average molecular weight is 305 g/mol. The number of aromatic nitrogens is 1. The summed E-state index contributed by atoms with van der Waals surface area (Å²) in [6, 6.07) is 20.2. The van der Waals surface area contributed by atoms with Gasteiger partial charge < -0.3 is 15.2 Å². The Labute approximate surface area is 137 Å². The highest BCUT2D eigenvalue weighted by molar-refractivity contribution is 5.83. The number of nitrogens with zero attached hydrogens (tertiary/aromatic N) is 1. The minimum Gasteiger partial charge on any atom is -0.363 e. The summed E-state index contributed by atoms with van der Waals surface area (Å²) in [6.07, 6.45) is 4.52. The minimum absolute atomic E-state index is 0.556. The summed E-state index contributed by atoms with van der Waals surface area (Å²) in [5.41, 5.74) is 3.89. The number of aromatic amines is 1. The van der Waals surface area contributed by atoms with Crippen molar-refractivity contribution >= 4 is 16.6 Å². The maximum atomic E-state index is 3.56. The van der Waals surface area contributed by atoms with Gasteiger partial charge in [0, 0.05) is 41.9 Å². The molecule has 2 aromatic carbocycles. The first-order valence-electron chi connectivity index (χ1n) is 8.48. The summed E-state index contributed by atoms with van der Waals surface area (Å²) < 4.78 is 0. The quantitative estimate of drug-likeness (QED) is 0.765. The molecule has 118 valence electrons. The van der Waals surface area contributed by atoms with Gasteiger partial charge >= 0.3 is 0 Å². The number of nitrogens with one attached hydrogen (secondary N) is 2. The fraction of sp³-hybridized carbons (Fsp3) is 0.300. The second kappa shape index (κ2) is 6.47. The van der Waals surface area contributed by atoms with E-state index in [0.29, 0.717) is 6.04 Å². The molecule has 23 heavy (non-hydrogen) atoms. The van der Waals surface area contributed by atoms with E-state index in [0.717, 1.165) is 19.6 Å². The van der Waals surface area contributed by atoms with Crippen LogP contribution in [0.2, 0.25) is 0 Å². The molecule has 2 N–H and O–H groups in total. The molecule has 1 saturated heterocycles. The van der Waals surface area contributed by atoms with E-state index in [2.05, 4.69) is 69.8 Å². The highest BCUT2D eigenvalue weighted by Crippen LogP contribution is 2.26. The van der Waals surface area contributed by atoms with Crippen molar-refractivity contribution in [3.8, 4) is 0 Å².